The molecule has 0 fully saturated rings. The molecule has 4 aromatic rings. The molecular weight excluding hydrogens is 394 g/mol. The fourth-order valence-electron chi connectivity index (χ4n) is 2.99. The molecule has 31 heavy (non-hydrogen) atoms. The van der Waals surface area contributed by atoms with Crippen LogP contribution in [0.1, 0.15) is 11.3 Å². The number of nitrogens with one attached hydrogen (secondary N) is 1. The molecule has 0 atom stereocenters. The predicted octanol–water partition coefficient (Wildman–Crippen LogP) is 5.03. The molecule has 1 N–H and O–H groups in total. The molecule has 4 rings (SSSR count). The third-order valence-electron chi connectivity index (χ3n) is 4.51. The summed E-state index contributed by atoms with van der Waals surface area (Å²) in [5.74, 6) is 1.99. The maximum absolute atomic E-state index is 12.4. The maximum Gasteiger partial charge on any atom is 0.230 e. The van der Waals surface area contributed by atoms with Gasteiger partial charge in [0, 0.05) is 17.7 Å². The molecule has 0 aliphatic heterocycles. The quantitative estimate of drug-likeness (QED) is 0.456. The number of aromatic nitrogens is 2. The zero-order valence-corrected chi connectivity index (χ0v) is 17.2. The van der Waals surface area contributed by atoms with E-state index in [0.717, 1.165) is 11.1 Å². The lowest BCUT2D eigenvalue weighted by Gasteiger charge is -2.10. The van der Waals surface area contributed by atoms with Gasteiger partial charge in [-0.2, -0.15) is 0 Å². The first-order valence-electron chi connectivity index (χ1n) is 9.70. The highest BCUT2D eigenvalue weighted by molar-refractivity contribution is 5.92. The number of methoxy groups -OCH3 is 1. The number of nitrogens with zero attached hydrogens (tertiary/aromatic N) is 2. The van der Waals surface area contributed by atoms with Gasteiger partial charge in [0.2, 0.25) is 11.8 Å². The van der Waals surface area contributed by atoms with E-state index in [1.165, 1.54) is 6.20 Å². The van der Waals surface area contributed by atoms with Gasteiger partial charge in [-0.25, -0.2) is 4.98 Å². The van der Waals surface area contributed by atoms with Crippen LogP contribution in [0.15, 0.2) is 77.4 Å². The molecule has 2 aromatic carbocycles. The van der Waals surface area contributed by atoms with Gasteiger partial charge >= 0.3 is 0 Å². The molecule has 0 bridgehead atoms. The summed E-state index contributed by atoms with van der Waals surface area (Å²) in [7, 11) is 1.59. The van der Waals surface area contributed by atoms with Crippen LogP contribution in [-0.2, 0) is 11.2 Å². The lowest BCUT2D eigenvalue weighted by atomic mass is 10.1. The number of pyridine rings is 1. The summed E-state index contributed by atoms with van der Waals surface area (Å²) in [5.41, 5.74) is 3.08. The fourth-order valence-corrected chi connectivity index (χ4v) is 2.99. The van der Waals surface area contributed by atoms with E-state index in [9.17, 15) is 4.79 Å². The summed E-state index contributed by atoms with van der Waals surface area (Å²) >= 11 is 0. The van der Waals surface area contributed by atoms with Crippen LogP contribution in [0.2, 0.25) is 0 Å². The van der Waals surface area contributed by atoms with Crippen molar-refractivity contribution in [2.45, 2.75) is 13.3 Å². The largest absolute Gasteiger partial charge is 0.493 e. The first-order valence-corrected chi connectivity index (χ1v) is 9.70. The van der Waals surface area contributed by atoms with Gasteiger partial charge < -0.3 is 19.3 Å². The number of hydrogen-bond donors (Lipinski definition) is 1. The van der Waals surface area contributed by atoms with Crippen LogP contribution in [0, 0.1) is 6.92 Å². The van der Waals surface area contributed by atoms with Crippen molar-refractivity contribution in [2.75, 3.05) is 12.4 Å². The van der Waals surface area contributed by atoms with Gasteiger partial charge in [-0.3, -0.25) is 4.79 Å². The van der Waals surface area contributed by atoms with Crippen molar-refractivity contribution < 1.29 is 18.8 Å². The molecule has 0 radical (unpaired) electrons. The van der Waals surface area contributed by atoms with E-state index in [1.807, 2.05) is 55.5 Å². The first kappa shape index (κ1) is 20.2. The van der Waals surface area contributed by atoms with E-state index in [0.29, 0.717) is 34.5 Å². The molecule has 2 heterocycles. The van der Waals surface area contributed by atoms with Gasteiger partial charge in [-0.1, -0.05) is 41.6 Å². The van der Waals surface area contributed by atoms with Gasteiger partial charge in [-0.15, -0.1) is 0 Å². The standard InChI is InChI=1S/C24H21N3O4/c1-16-8-10-20(22(12-16)29-2)30-24-11-9-18(15-25-24)26-23(28)14-19-13-21(31-27-19)17-6-4-3-5-7-17/h3-13,15H,14H2,1-2H3,(H,26,28). The second kappa shape index (κ2) is 9.13. The fraction of sp³-hybridized carbons (Fsp3) is 0.125. The molecule has 7 heteroatoms. The number of amides is 1. The molecule has 0 aliphatic carbocycles. The lowest BCUT2D eigenvalue weighted by molar-refractivity contribution is -0.115. The zero-order chi connectivity index (χ0) is 21.6. The number of benzene rings is 2. The average Bonchev–Trinajstić information content (AvgIpc) is 3.25. The molecule has 0 aliphatic rings. The number of anilines is 1. The highest BCUT2D eigenvalue weighted by Gasteiger charge is 2.12. The summed E-state index contributed by atoms with van der Waals surface area (Å²) in [6.45, 7) is 1.98. The van der Waals surface area contributed by atoms with Crippen molar-refractivity contribution in [3.05, 3.63) is 84.2 Å². The minimum Gasteiger partial charge on any atom is -0.493 e. The number of carbonyl (C=O) groups is 1. The Bertz CT molecular complexity index is 1170. The predicted molar refractivity (Wildman–Crippen MR) is 116 cm³/mol. The molecule has 0 unspecified atom stereocenters. The Morgan fingerprint density at radius 1 is 1.03 bits per heavy atom. The van der Waals surface area contributed by atoms with Gasteiger partial charge in [0.15, 0.2) is 17.3 Å². The van der Waals surface area contributed by atoms with E-state index < -0.39 is 0 Å². The average molecular weight is 415 g/mol. The third kappa shape index (κ3) is 5.08. The minimum atomic E-state index is -0.219. The number of hydrogen-bond acceptors (Lipinski definition) is 6. The normalized spacial score (nSPS) is 10.5. The highest BCUT2D eigenvalue weighted by Crippen LogP contribution is 2.31. The smallest absolute Gasteiger partial charge is 0.230 e. The molecule has 0 saturated carbocycles. The van der Waals surface area contributed by atoms with Crippen LogP contribution in [0.5, 0.6) is 17.4 Å². The van der Waals surface area contributed by atoms with Crippen molar-refractivity contribution in [1.29, 1.82) is 0 Å². The van der Waals surface area contributed by atoms with Gasteiger partial charge in [0.25, 0.3) is 0 Å². The molecule has 156 valence electrons. The van der Waals surface area contributed by atoms with Crippen LogP contribution in [0.3, 0.4) is 0 Å². The number of rotatable bonds is 7. The van der Waals surface area contributed by atoms with Gasteiger partial charge in [0.05, 0.1) is 31.1 Å². The SMILES string of the molecule is COc1cc(C)ccc1Oc1ccc(NC(=O)Cc2cc(-c3ccccc3)on2)cn1. The zero-order valence-electron chi connectivity index (χ0n) is 17.2. The molecule has 1 amide bonds. The van der Waals surface area contributed by atoms with Crippen molar-refractivity contribution >= 4 is 11.6 Å². The first-order chi connectivity index (χ1) is 15.1. The highest BCUT2D eigenvalue weighted by atomic mass is 16.5. The van der Waals surface area contributed by atoms with Crippen LogP contribution < -0.4 is 14.8 Å². The molecule has 0 spiro atoms. The van der Waals surface area contributed by atoms with E-state index in [4.69, 9.17) is 14.0 Å². The molecule has 0 saturated heterocycles. The van der Waals surface area contributed by atoms with Crippen LogP contribution in [-0.4, -0.2) is 23.2 Å². The Balaban J connectivity index is 1.36. The number of ether oxygens (including phenoxy) is 2. The molecule has 2 aromatic heterocycles. The number of aryl methyl sites for hydroxylation is 1. The third-order valence-corrected chi connectivity index (χ3v) is 4.51. The Labute approximate surface area is 179 Å². The van der Waals surface area contributed by atoms with Gasteiger partial charge in [-0.05, 0) is 30.7 Å². The monoisotopic (exact) mass is 415 g/mol. The second-order valence-electron chi connectivity index (χ2n) is 6.91. The van der Waals surface area contributed by atoms with Crippen LogP contribution in [0.25, 0.3) is 11.3 Å². The minimum absolute atomic E-state index is 0.0924. The van der Waals surface area contributed by atoms with E-state index in [1.54, 1.807) is 25.3 Å². The topological polar surface area (TPSA) is 86.5 Å². The van der Waals surface area contributed by atoms with Crippen molar-refractivity contribution in [3.8, 4) is 28.7 Å². The Hall–Kier alpha value is -4.13. The van der Waals surface area contributed by atoms with E-state index in [2.05, 4.69) is 15.5 Å². The van der Waals surface area contributed by atoms with Crippen LogP contribution in [0.4, 0.5) is 5.69 Å². The Kier molecular flexibility index (Phi) is 5.93. The second-order valence-corrected chi connectivity index (χ2v) is 6.91. The summed E-state index contributed by atoms with van der Waals surface area (Å²) < 4.78 is 16.5. The number of carbonyl (C=O) groups excluding carboxylic acids is 1. The van der Waals surface area contributed by atoms with E-state index in [-0.39, 0.29) is 12.3 Å². The summed E-state index contributed by atoms with van der Waals surface area (Å²) in [6.07, 6.45) is 1.63. The van der Waals surface area contributed by atoms with Crippen LogP contribution >= 0.6 is 0 Å². The summed E-state index contributed by atoms with van der Waals surface area (Å²) in [6, 6.07) is 20.4. The van der Waals surface area contributed by atoms with Gasteiger partial charge in [0.1, 0.15) is 0 Å². The summed E-state index contributed by atoms with van der Waals surface area (Å²) in [5, 5.41) is 6.77. The maximum atomic E-state index is 12.4. The molecular formula is C24H21N3O4. The Morgan fingerprint density at radius 2 is 1.87 bits per heavy atom. The lowest BCUT2D eigenvalue weighted by Crippen LogP contribution is -2.14. The molecule has 7 nitrogen and oxygen atoms in total. The van der Waals surface area contributed by atoms with Crippen molar-refractivity contribution in [3.63, 3.8) is 0 Å². The van der Waals surface area contributed by atoms with E-state index >= 15 is 0 Å². The van der Waals surface area contributed by atoms with Crippen molar-refractivity contribution in [2.24, 2.45) is 0 Å². The Morgan fingerprint density at radius 3 is 2.61 bits per heavy atom. The summed E-state index contributed by atoms with van der Waals surface area (Å²) in [4.78, 5) is 16.6. The van der Waals surface area contributed by atoms with Crippen molar-refractivity contribution in [1.82, 2.24) is 10.1 Å².